The van der Waals surface area contributed by atoms with Gasteiger partial charge in [0.25, 0.3) is 0 Å². The molecule has 1 fully saturated rings. The van der Waals surface area contributed by atoms with E-state index in [9.17, 15) is 17.6 Å². The van der Waals surface area contributed by atoms with Crippen LogP contribution in [0.3, 0.4) is 0 Å². The van der Waals surface area contributed by atoms with E-state index in [1.165, 1.54) is 13.2 Å². The Kier molecular flexibility index (Phi) is 4.51. The minimum Gasteiger partial charge on any atom is -0.469 e. The van der Waals surface area contributed by atoms with E-state index in [-0.39, 0.29) is 5.69 Å². The number of benzene rings is 1. The number of esters is 1. The van der Waals surface area contributed by atoms with Gasteiger partial charge >= 0.3 is 5.97 Å². The number of carbonyl (C=O) groups is 1. The van der Waals surface area contributed by atoms with Crippen LogP contribution in [0.25, 0.3) is 0 Å². The molecule has 1 aliphatic rings. The Morgan fingerprint density at radius 2 is 2.05 bits per heavy atom. The lowest BCUT2D eigenvalue weighted by atomic mass is 10.1. The van der Waals surface area contributed by atoms with Gasteiger partial charge in [-0.3, -0.25) is 9.52 Å². The van der Waals surface area contributed by atoms with Crippen molar-refractivity contribution >= 4 is 21.7 Å². The van der Waals surface area contributed by atoms with Crippen molar-refractivity contribution in [2.45, 2.75) is 31.4 Å². The van der Waals surface area contributed by atoms with Crippen molar-refractivity contribution in [1.29, 1.82) is 0 Å². The first kappa shape index (κ1) is 15.8. The fourth-order valence-electron chi connectivity index (χ4n) is 2.75. The summed E-state index contributed by atoms with van der Waals surface area (Å²) in [5, 5.41) is -0.839. The van der Waals surface area contributed by atoms with E-state index in [0.29, 0.717) is 24.8 Å². The highest BCUT2D eigenvalue weighted by Gasteiger charge is 2.42. The second-order valence-corrected chi connectivity index (χ2v) is 7.16. The van der Waals surface area contributed by atoms with Gasteiger partial charge in [0.2, 0.25) is 10.0 Å². The number of nitrogens with one attached hydrogen (secondary N) is 1. The summed E-state index contributed by atoms with van der Waals surface area (Å²) < 4.78 is 45.2. The van der Waals surface area contributed by atoms with Crippen LogP contribution in [0, 0.1) is 18.7 Å². The number of rotatable bonds is 4. The highest BCUT2D eigenvalue weighted by Crippen LogP contribution is 2.33. The third kappa shape index (κ3) is 3.53. The van der Waals surface area contributed by atoms with Gasteiger partial charge in [0.05, 0.1) is 24.0 Å². The molecular weight excluding hydrogens is 297 g/mol. The van der Waals surface area contributed by atoms with Crippen molar-refractivity contribution in [3.05, 3.63) is 29.6 Å². The molecule has 1 aliphatic carbocycles. The van der Waals surface area contributed by atoms with E-state index < -0.39 is 33.0 Å². The van der Waals surface area contributed by atoms with E-state index in [4.69, 9.17) is 0 Å². The maximum atomic E-state index is 13.3. The van der Waals surface area contributed by atoms with Crippen LogP contribution >= 0.6 is 0 Å². The summed E-state index contributed by atoms with van der Waals surface area (Å²) in [4.78, 5) is 11.7. The van der Waals surface area contributed by atoms with Gasteiger partial charge in [-0.15, -0.1) is 0 Å². The number of methoxy groups -OCH3 is 1. The molecule has 0 bridgehead atoms. The highest BCUT2D eigenvalue weighted by molar-refractivity contribution is 7.93. The Bertz CT molecular complexity index is 624. The van der Waals surface area contributed by atoms with Gasteiger partial charge in [-0.25, -0.2) is 12.8 Å². The van der Waals surface area contributed by atoms with Crippen LogP contribution in [0.1, 0.15) is 24.8 Å². The van der Waals surface area contributed by atoms with Gasteiger partial charge in [-0.1, -0.05) is 6.42 Å². The lowest BCUT2D eigenvalue weighted by molar-refractivity contribution is -0.145. The molecule has 0 radical (unpaired) electrons. The standard InChI is InChI=1S/C14H18FNO4S/c1-9-6-10(15)8-11(7-9)16-21(18,19)13-5-3-4-12(13)14(17)20-2/h6-8,12-13,16H,3-5H2,1-2H3. The predicted octanol–water partition coefficient (Wildman–Crippen LogP) is 2.22. The summed E-state index contributed by atoms with van der Waals surface area (Å²) in [6.45, 7) is 1.67. The monoisotopic (exact) mass is 315 g/mol. The van der Waals surface area contributed by atoms with E-state index >= 15 is 0 Å². The Balaban J connectivity index is 2.23. The molecule has 2 atom stereocenters. The summed E-state index contributed by atoms with van der Waals surface area (Å²) in [5.74, 6) is -1.69. The second kappa shape index (κ2) is 6.01. The van der Waals surface area contributed by atoms with Crippen LogP contribution in [0.5, 0.6) is 0 Å². The first-order valence-corrected chi connectivity index (χ1v) is 8.25. The molecule has 0 spiro atoms. The number of hydrogen-bond acceptors (Lipinski definition) is 4. The van der Waals surface area contributed by atoms with Gasteiger partial charge in [-0.05, 0) is 43.5 Å². The summed E-state index contributed by atoms with van der Waals surface area (Å²) >= 11 is 0. The molecule has 7 heteroatoms. The summed E-state index contributed by atoms with van der Waals surface area (Å²) in [5.41, 5.74) is 0.784. The number of carbonyl (C=O) groups excluding carboxylic acids is 1. The van der Waals surface area contributed by atoms with E-state index in [1.54, 1.807) is 13.0 Å². The Hall–Kier alpha value is -1.63. The van der Waals surface area contributed by atoms with E-state index in [2.05, 4.69) is 9.46 Å². The lowest BCUT2D eigenvalue weighted by Gasteiger charge is -2.19. The van der Waals surface area contributed by atoms with Crippen LogP contribution in [0.15, 0.2) is 18.2 Å². The Morgan fingerprint density at radius 3 is 2.67 bits per heavy atom. The number of halogens is 1. The molecule has 0 aliphatic heterocycles. The van der Waals surface area contributed by atoms with Crippen molar-refractivity contribution < 1.29 is 22.3 Å². The molecule has 0 saturated heterocycles. The fraction of sp³-hybridized carbons (Fsp3) is 0.500. The third-order valence-electron chi connectivity index (χ3n) is 3.66. The van der Waals surface area contributed by atoms with Crippen molar-refractivity contribution in [3.8, 4) is 0 Å². The molecule has 1 N–H and O–H groups in total. The van der Waals surface area contributed by atoms with Gasteiger partial charge in [-0.2, -0.15) is 0 Å². The molecule has 2 rings (SSSR count). The zero-order valence-electron chi connectivity index (χ0n) is 11.9. The third-order valence-corrected chi connectivity index (χ3v) is 5.54. The quantitative estimate of drug-likeness (QED) is 0.865. The minimum atomic E-state index is -3.77. The number of aryl methyl sites for hydroxylation is 1. The normalized spacial score (nSPS) is 22.0. The number of anilines is 1. The molecule has 0 aromatic heterocycles. The van der Waals surface area contributed by atoms with Gasteiger partial charge in [0.1, 0.15) is 5.82 Å². The van der Waals surface area contributed by atoms with Crippen LogP contribution in [0.4, 0.5) is 10.1 Å². The van der Waals surface area contributed by atoms with Gasteiger partial charge in [0.15, 0.2) is 0 Å². The van der Waals surface area contributed by atoms with E-state index in [1.807, 2.05) is 0 Å². The molecule has 1 aromatic rings. The average Bonchev–Trinajstić information content (AvgIpc) is 2.85. The zero-order chi connectivity index (χ0) is 15.6. The van der Waals surface area contributed by atoms with Crippen LogP contribution in [0.2, 0.25) is 0 Å². The van der Waals surface area contributed by atoms with Crippen LogP contribution < -0.4 is 4.72 Å². The first-order chi connectivity index (χ1) is 9.83. The molecule has 116 valence electrons. The van der Waals surface area contributed by atoms with Gasteiger partial charge < -0.3 is 4.74 Å². The number of ether oxygens (including phenoxy) is 1. The first-order valence-electron chi connectivity index (χ1n) is 6.70. The molecule has 2 unspecified atom stereocenters. The smallest absolute Gasteiger partial charge is 0.310 e. The van der Waals surface area contributed by atoms with Crippen LogP contribution in [-0.2, 0) is 19.6 Å². The summed E-state index contributed by atoms with van der Waals surface area (Å²) in [6.07, 6.45) is 1.53. The molecule has 1 saturated carbocycles. The molecule has 0 heterocycles. The largest absolute Gasteiger partial charge is 0.469 e. The minimum absolute atomic E-state index is 0.169. The molecule has 21 heavy (non-hydrogen) atoms. The SMILES string of the molecule is COC(=O)C1CCCC1S(=O)(=O)Nc1cc(C)cc(F)c1. The van der Waals surface area contributed by atoms with Crippen LogP contribution in [-0.4, -0.2) is 26.7 Å². The second-order valence-electron chi connectivity index (χ2n) is 5.26. The summed E-state index contributed by atoms with van der Waals surface area (Å²) in [6, 6.07) is 3.97. The maximum absolute atomic E-state index is 13.3. The maximum Gasteiger partial charge on any atom is 0.310 e. The molecular formula is C14H18FNO4S. The number of hydrogen-bond donors (Lipinski definition) is 1. The average molecular weight is 315 g/mol. The fourth-order valence-corrected chi connectivity index (χ4v) is 4.51. The molecule has 5 nitrogen and oxygen atoms in total. The number of sulfonamides is 1. The molecule has 1 aromatic carbocycles. The Morgan fingerprint density at radius 1 is 1.33 bits per heavy atom. The van der Waals surface area contributed by atoms with Crippen molar-refractivity contribution in [2.75, 3.05) is 11.8 Å². The van der Waals surface area contributed by atoms with Crippen molar-refractivity contribution in [1.82, 2.24) is 0 Å². The Labute approximate surface area is 123 Å². The lowest BCUT2D eigenvalue weighted by Crippen LogP contribution is -2.35. The van der Waals surface area contributed by atoms with Crippen molar-refractivity contribution in [2.24, 2.45) is 5.92 Å². The predicted molar refractivity (Wildman–Crippen MR) is 76.8 cm³/mol. The summed E-state index contributed by atoms with van der Waals surface area (Å²) in [7, 11) is -2.52. The topological polar surface area (TPSA) is 72.5 Å². The van der Waals surface area contributed by atoms with E-state index in [0.717, 1.165) is 6.07 Å². The highest BCUT2D eigenvalue weighted by atomic mass is 32.2. The van der Waals surface area contributed by atoms with Crippen molar-refractivity contribution in [3.63, 3.8) is 0 Å². The van der Waals surface area contributed by atoms with Gasteiger partial charge in [0, 0.05) is 0 Å². The molecule has 0 amide bonds. The zero-order valence-corrected chi connectivity index (χ0v) is 12.7.